The summed E-state index contributed by atoms with van der Waals surface area (Å²) in [6, 6.07) is -0.267. The second kappa shape index (κ2) is 5.46. The molecule has 3 N–H and O–H groups in total. The van der Waals surface area contributed by atoms with Gasteiger partial charge in [0.1, 0.15) is 0 Å². The fourth-order valence-electron chi connectivity index (χ4n) is 2.74. The number of likely N-dealkylation sites (tertiary alicyclic amines) is 1. The molecule has 2 aliphatic rings. The van der Waals surface area contributed by atoms with E-state index in [9.17, 15) is 23.1 Å². The van der Waals surface area contributed by atoms with Gasteiger partial charge < -0.3 is 15.7 Å². The first-order valence-corrected chi connectivity index (χ1v) is 6.08. The molecule has 0 aromatic heterocycles. The van der Waals surface area contributed by atoms with E-state index in [-0.39, 0.29) is 36.8 Å². The molecule has 19 heavy (non-hydrogen) atoms. The Morgan fingerprint density at radius 2 is 2.00 bits per heavy atom. The highest BCUT2D eigenvalue weighted by Crippen LogP contribution is 2.38. The second-order valence-corrected chi connectivity index (χ2v) is 5.24. The van der Waals surface area contributed by atoms with E-state index in [1.807, 2.05) is 0 Å². The van der Waals surface area contributed by atoms with Gasteiger partial charge in [0.15, 0.2) is 5.60 Å². The normalized spacial score (nSPS) is 35.3. The third-order valence-corrected chi connectivity index (χ3v) is 3.97. The van der Waals surface area contributed by atoms with Gasteiger partial charge in [-0.15, -0.1) is 12.4 Å². The van der Waals surface area contributed by atoms with Crippen LogP contribution in [0.1, 0.15) is 25.7 Å². The van der Waals surface area contributed by atoms with Crippen LogP contribution in [-0.2, 0) is 4.79 Å². The summed E-state index contributed by atoms with van der Waals surface area (Å²) in [5.41, 5.74) is 3.01. The van der Waals surface area contributed by atoms with Crippen molar-refractivity contribution in [2.75, 3.05) is 13.1 Å². The lowest BCUT2D eigenvalue weighted by Crippen LogP contribution is -2.49. The van der Waals surface area contributed by atoms with Gasteiger partial charge in [-0.3, -0.25) is 4.79 Å². The van der Waals surface area contributed by atoms with Crippen molar-refractivity contribution < 1.29 is 23.1 Å². The summed E-state index contributed by atoms with van der Waals surface area (Å²) in [6.45, 7) is -0.726. The van der Waals surface area contributed by atoms with Crippen LogP contribution in [0.3, 0.4) is 0 Å². The maximum atomic E-state index is 12.6. The summed E-state index contributed by atoms with van der Waals surface area (Å²) >= 11 is 0. The summed E-state index contributed by atoms with van der Waals surface area (Å²) in [6.07, 6.45) is -2.96. The van der Waals surface area contributed by atoms with Crippen LogP contribution < -0.4 is 5.73 Å². The molecule has 4 nitrogen and oxygen atoms in total. The SMILES string of the molecule is Cl.NC1CCCC1C(=O)N1CCC(O)(C(F)(F)F)C1. The third kappa shape index (κ3) is 2.98. The van der Waals surface area contributed by atoms with Crippen molar-refractivity contribution >= 4 is 18.3 Å². The molecule has 3 unspecified atom stereocenters. The van der Waals surface area contributed by atoms with Crippen LogP contribution >= 0.6 is 12.4 Å². The first kappa shape index (κ1) is 16.5. The highest BCUT2D eigenvalue weighted by molar-refractivity contribution is 5.85. The molecule has 2 rings (SSSR count). The number of amides is 1. The van der Waals surface area contributed by atoms with Crippen molar-refractivity contribution in [2.24, 2.45) is 11.7 Å². The third-order valence-electron chi connectivity index (χ3n) is 3.97. The number of carbonyl (C=O) groups excluding carboxylic acids is 1. The predicted octanol–water partition coefficient (Wildman–Crippen LogP) is 1.06. The Labute approximate surface area is 115 Å². The van der Waals surface area contributed by atoms with Crippen LogP contribution in [0.2, 0.25) is 0 Å². The van der Waals surface area contributed by atoms with E-state index in [4.69, 9.17) is 5.73 Å². The van der Waals surface area contributed by atoms with Crippen molar-refractivity contribution in [2.45, 2.75) is 43.5 Å². The zero-order valence-electron chi connectivity index (χ0n) is 10.3. The molecule has 1 saturated heterocycles. The van der Waals surface area contributed by atoms with Crippen LogP contribution in [-0.4, -0.2) is 46.8 Å². The zero-order chi connectivity index (χ0) is 13.6. The Bertz CT molecular complexity index is 353. The lowest BCUT2D eigenvalue weighted by atomic mass is 10.0. The fourth-order valence-corrected chi connectivity index (χ4v) is 2.74. The zero-order valence-corrected chi connectivity index (χ0v) is 11.1. The van der Waals surface area contributed by atoms with Crippen LogP contribution in [0.15, 0.2) is 0 Å². The topological polar surface area (TPSA) is 66.6 Å². The summed E-state index contributed by atoms with van der Waals surface area (Å²) in [7, 11) is 0. The van der Waals surface area contributed by atoms with Gasteiger partial charge in [0, 0.05) is 19.0 Å². The minimum atomic E-state index is -4.69. The monoisotopic (exact) mass is 302 g/mol. The summed E-state index contributed by atoms with van der Waals surface area (Å²) in [4.78, 5) is 13.1. The molecule has 1 amide bonds. The van der Waals surface area contributed by atoms with Crippen molar-refractivity contribution in [1.82, 2.24) is 4.90 Å². The molecule has 112 valence electrons. The molecule has 0 radical (unpaired) electrons. The number of nitrogens with zero attached hydrogens (tertiary/aromatic N) is 1. The van der Waals surface area contributed by atoms with Gasteiger partial charge in [-0.05, 0) is 12.8 Å². The van der Waals surface area contributed by atoms with Crippen LogP contribution in [0.5, 0.6) is 0 Å². The van der Waals surface area contributed by atoms with Crippen molar-refractivity contribution in [3.05, 3.63) is 0 Å². The van der Waals surface area contributed by atoms with E-state index in [0.717, 1.165) is 17.7 Å². The molecule has 0 bridgehead atoms. The average Bonchev–Trinajstić information content (AvgIpc) is 2.83. The first-order valence-electron chi connectivity index (χ1n) is 6.08. The van der Waals surface area contributed by atoms with Crippen molar-refractivity contribution in [1.29, 1.82) is 0 Å². The molecule has 1 heterocycles. The smallest absolute Gasteiger partial charge is 0.379 e. The van der Waals surface area contributed by atoms with Crippen molar-refractivity contribution in [3.8, 4) is 0 Å². The van der Waals surface area contributed by atoms with Gasteiger partial charge in [-0.2, -0.15) is 13.2 Å². The molecule has 0 spiro atoms. The summed E-state index contributed by atoms with van der Waals surface area (Å²) < 4.78 is 37.9. The number of nitrogens with two attached hydrogens (primary N) is 1. The largest absolute Gasteiger partial charge is 0.419 e. The van der Waals surface area contributed by atoms with E-state index in [1.54, 1.807) is 0 Å². The number of hydrogen-bond donors (Lipinski definition) is 2. The lowest BCUT2D eigenvalue weighted by molar-refractivity contribution is -0.253. The number of alkyl halides is 3. The fraction of sp³-hybridized carbons (Fsp3) is 0.909. The Hall–Kier alpha value is -0.530. The number of β-amino-alcohol motifs (C(OH)–C–C–N with tert-alkyl or cyclic N) is 1. The van der Waals surface area contributed by atoms with E-state index >= 15 is 0 Å². The van der Waals surface area contributed by atoms with E-state index in [2.05, 4.69) is 0 Å². The molecule has 0 aromatic carbocycles. The van der Waals surface area contributed by atoms with Gasteiger partial charge >= 0.3 is 6.18 Å². The Morgan fingerprint density at radius 3 is 2.42 bits per heavy atom. The first-order chi connectivity index (χ1) is 8.24. The highest BCUT2D eigenvalue weighted by atomic mass is 35.5. The number of carbonyl (C=O) groups is 1. The molecule has 3 atom stereocenters. The van der Waals surface area contributed by atoms with Gasteiger partial charge in [0.05, 0.1) is 12.5 Å². The van der Waals surface area contributed by atoms with Gasteiger partial charge in [0.2, 0.25) is 5.91 Å². The van der Waals surface area contributed by atoms with E-state index in [0.29, 0.717) is 6.42 Å². The van der Waals surface area contributed by atoms with E-state index in [1.165, 1.54) is 0 Å². The molecule has 8 heteroatoms. The molecule has 0 aromatic rings. The number of hydrogen-bond acceptors (Lipinski definition) is 3. The molecule has 1 aliphatic heterocycles. The van der Waals surface area contributed by atoms with Gasteiger partial charge in [0.25, 0.3) is 0 Å². The Balaban J connectivity index is 0.00000180. The van der Waals surface area contributed by atoms with Gasteiger partial charge in [-0.1, -0.05) is 6.42 Å². The van der Waals surface area contributed by atoms with Crippen LogP contribution in [0.4, 0.5) is 13.2 Å². The van der Waals surface area contributed by atoms with Crippen molar-refractivity contribution in [3.63, 3.8) is 0 Å². The number of aliphatic hydroxyl groups is 1. The molecular formula is C11H18ClF3N2O2. The molecule has 1 aliphatic carbocycles. The minimum absolute atomic E-state index is 0. The molecule has 2 fully saturated rings. The summed E-state index contributed by atoms with van der Waals surface area (Å²) in [5, 5.41) is 9.51. The Morgan fingerprint density at radius 1 is 1.37 bits per heavy atom. The van der Waals surface area contributed by atoms with Gasteiger partial charge in [-0.25, -0.2) is 0 Å². The van der Waals surface area contributed by atoms with Crippen LogP contribution in [0.25, 0.3) is 0 Å². The summed E-state index contributed by atoms with van der Waals surface area (Å²) in [5.74, 6) is -0.735. The Kier molecular flexibility index (Phi) is 4.75. The number of rotatable bonds is 1. The maximum Gasteiger partial charge on any atom is 0.419 e. The average molecular weight is 303 g/mol. The standard InChI is InChI=1S/C11H17F3N2O2.ClH/c12-11(13,14)10(18)4-5-16(6-10)9(17)7-2-1-3-8(7)15;/h7-8,18H,1-6,15H2;1H. The minimum Gasteiger partial charge on any atom is -0.379 e. The highest BCUT2D eigenvalue weighted by Gasteiger charge is 2.58. The maximum absolute atomic E-state index is 12.6. The second-order valence-electron chi connectivity index (χ2n) is 5.24. The number of halogens is 4. The lowest BCUT2D eigenvalue weighted by Gasteiger charge is -2.27. The van der Waals surface area contributed by atoms with Crippen LogP contribution in [0, 0.1) is 5.92 Å². The van der Waals surface area contributed by atoms with E-state index < -0.39 is 24.7 Å². The molecular weight excluding hydrogens is 285 g/mol. The molecule has 1 saturated carbocycles. The quantitative estimate of drug-likeness (QED) is 0.761. The predicted molar refractivity (Wildman–Crippen MR) is 64.8 cm³/mol.